The molecule has 0 unspecified atom stereocenters. The van der Waals surface area contributed by atoms with Crippen molar-refractivity contribution in [3.8, 4) is 89.0 Å². The summed E-state index contributed by atoms with van der Waals surface area (Å²) in [5, 5.41) is 4.82. The SMILES string of the molecule is CC1(C)c2ccccc2-c2ccc(N(c3ccc(-c4ccc5c(c4)-c4ccccc4C54C5CC6CC(C5)CC4C6)cc3)c3ccc(-c4cccc5c4oc4ccccc45)cc3)cc21.c1ccc(N(c2ccc(-c3ccc4c(c3)-c3ccccc3C43C4CC5CC(C4)CC3C5)cc2)c2ccc3ccccc3c2)cc1.c1ccc(N(c2ccccc2)c2ccc(-c3ccc4c(c3)-c3ccccc3C43C4CC5CC(C4)CC3C5)cc2)cc1. The molecule has 16 aliphatic carbocycles. The number of nitrogens with zero attached hydrogens (tertiary/aromatic N) is 3. The van der Waals surface area contributed by atoms with Gasteiger partial charge in [0.2, 0.25) is 0 Å². The van der Waals surface area contributed by atoms with Gasteiger partial charge in [-0.25, -0.2) is 0 Å². The lowest BCUT2D eigenvalue weighted by molar-refractivity contribution is -0.0399. The van der Waals surface area contributed by atoms with Crippen LogP contribution < -0.4 is 14.7 Å². The molecule has 4 nitrogen and oxygen atoms in total. The van der Waals surface area contributed by atoms with E-state index in [9.17, 15) is 0 Å². The molecule has 16 aliphatic rings. The Balaban J connectivity index is 0.000000104. The van der Waals surface area contributed by atoms with Gasteiger partial charge in [-0.3, -0.25) is 0 Å². The molecule has 12 fully saturated rings. The standard InChI is InChI=1S/C61H49NO.C44H37N.C40H35N/c1-60(2)54-15-6-3-10-48(54)50-28-27-46(36-57(50)60)62(45-25-20-40(21-26-45)47-13-9-14-52-51-12-5-8-17-58(51)63-59(47)52)44-23-18-39(19-24-44)41-22-29-56-53(35-41)49-11-4-7-16-55(49)61(56)42-31-37-30-38(33-42)34-43(61)32-37;1-2-10-37(11-3-1)45(39-20-16-31-8-4-5-9-33(31)27-39)38-18-14-32(15-19-38)34-17-21-43-41(28-34)40-12-6-7-13-42(40)44(43)35-23-29-22-30(25-35)26-36(44)24-29;1-3-9-33(10-4-1)41(34-11-5-2-6-12-34)35-18-15-29(16-19-35)30-17-20-39-37(26-30)36-13-7-8-14-38(36)40(39)31-22-27-21-28(24-31)25-32(40)23-27/h3-29,35-38,42-43H,30-34H2,1-2H3;1-21,27-30,35-36H,22-26H2;1-20,26-28,31-32H,21-25H2. The molecule has 0 radical (unpaired) electrons. The highest BCUT2D eigenvalue weighted by molar-refractivity contribution is 6.10. The maximum Gasteiger partial charge on any atom is 0.143 e. The fourth-order valence-corrected chi connectivity index (χ4v) is 34.4. The molecular weight excluding hydrogens is 1800 g/mol. The minimum Gasteiger partial charge on any atom is -0.455 e. The van der Waals surface area contributed by atoms with Gasteiger partial charge in [-0.2, -0.15) is 0 Å². The lowest BCUT2D eigenvalue weighted by Gasteiger charge is -2.61. The Morgan fingerprint density at radius 3 is 0.872 bits per heavy atom. The van der Waals surface area contributed by atoms with Gasteiger partial charge in [0.15, 0.2) is 0 Å². The Morgan fingerprint density at radius 2 is 0.463 bits per heavy atom. The third-order valence-corrected chi connectivity index (χ3v) is 39.7. The lowest BCUT2D eigenvalue weighted by atomic mass is 9.43. The van der Waals surface area contributed by atoms with Crippen LogP contribution in [-0.2, 0) is 21.7 Å². The van der Waals surface area contributed by atoms with Crippen molar-refractivity contribution in [1.82, 2.24) is 0 Å². The molecule has 36 rings (SSSR count). The summed E-state index contributed by atoms with van der Waals surface area (Å²) < 4.78 is 6.47. The zero-order chi connectivity index (χ0) is 98.1. The number of benzene rings is 19. The number of fused-ring (bicyclic) bond motifs is 16. The third-order valence-electron chi connectivity index (χ3n) is 39.7. The highest BCUT2D eigenvalue weighted by Crippen LogP contribution is 2.74. The first-order valence-corrected chi connectivity index (χ1v) is 55.8. The predicted octanol–water partition coefficient (Wildman–Crippen LogP) is 38.7. The van der Waals surface area contributed by atoms with Crippen molar-refractivity contribution in [2.24, 2.45) is 71.0 Å². The number of hydrogen-bond acceptors (Lipinski definition) is 4. The Bertz CT molecular complexity index is 8580. The summed E-state index contributed by atoms with van der Waals surface area (Å²) in [6, 6.07) is 166. The van der Waals surface area contributed by atoms with Crippen molar-refractivity contribution >= 4 is 83.9 Å². The molecule has 20 aromatic rings. The van der Waals surface area contributed by atoms with Gasteiger partial charge in [0.25, 0.3) is 0 Å². The number of furan rings is 1. The van der Waals surface area contributed by atoms with E-state index in [-0.39, 0.29) is 21.7 Å². The highest BCUT2D eigenvalue weighted by Gasteiger charge is 2.65. The van der Waals surface area contributed by atoms with Crippen molar-refractivity contribution in [3.63, 3.8) is 0 Å². The second-order valence-electron chi connectivity index (χ2n) is 47.4. The van der Waals surface area contributed by atoms with E-state index in [0.29, 0.717) is 0 Å². The van der Waals surface area contributed by atoms with Crippen LogP contribution in [0.15, 0.2) is 447 Å². The molecular formula is C145H121N3O. The molecule has 722 valence electrons. The maximum absolute atomic E-state index is 6.47. The quantitative estimate of drug-likeness (QED) is 0.115. The smallest absolute Gasteiger partial charge is 0.143 e. The number of rotatable bonds is 13. The average molecular weight is 1920 g/mol. The van der Waals surface area contributed by atoms with Crippen molar-refractivity contribution < 1.29 is 4.42 Å². The van der Waals surface area contributed by atoms with Crippen LogP contribution in [-0.4, -0.2) is 0 Å². The summed E-state index contributed by atoms with van der Waals surface area (Å²) in [5.74, 6) is 10.6. The summed E-state index contributed by atoms with van der Waals surface area (Å²) >= 11 is 0. The number of para-hydroxylation sites is 5. The molecule has 19 aromatic carbocycles. The molecule has 0 N–H and O–H groups in total. The Kier molecular flexibility index (Phi) is 20.1. The summed E-state index contributed by atoms with van der Waals surface area (Å²) in [7, 11) is 0. The van der Waals surface area contributed by atoms with Crippen LogP contribution in [0.4, 0.5) is 51.2 Å². The zero-order valence-electron chi connectivity index (χ0n) is 84.9. The van der Waals surface area contributed by atoms with Crippen LogP contribution in [0.3, 0.4) is 0 Å². The van der Waals surface area contributed by atoms with Gasteiger partial charge in [0, 0.05) is 89.2 Å². The second-order valence-corrected chi connectivity index (χ2v) is 47.4. The Morgan fingerprint density at radius 1 is 0.181 bits per heavy atom. The van der Waals surface area contributed by atoms with E-state index in [1.54, 1.807) is 33.4 Å². The molecule has 0 amide bonds. The van der Waals surface area contributed by atoms with E-state index in [1.165, 1.54) is 225 Å². The van der Waals surface area contributed by atoms with Crippen LogP contribution in [0.2, 0.25) is 0 Å². The van der Waals surface area contributed by atoms with E-state index in [2.05, 4.69) is 465 Å². The van der Waals surface area contributed by atoms with E-state index >= 15 is 0 Å². The minimum absolute atomic E-state index is 0.103. The van der Waals surface area contributed by atoms with E-state index in [4.69, 9.17) is 4.42 Å². The van der Waals surface area contributed by atoms with Crippen LogP contribution >= 0.6 is 0 Å². The zero-order valence-corrected chi connectivity index (χ0v) is 84.9. The van der Waals surface area contributed by atoms with E-state index in [1.807, 2.05) is 6.07 Å². The van der Waals surface area contributed by atoms with E-state index < -0.39 is 0 Å². The normalized spacial score (nSPS) is 24.7. The predicted molar refractivity (Wildman–Crippen MR) is 617 cm³/mol. The van der Waals surface area contributed by atoms with Crippen molar-refractivity contribution in [1.29, 1.82) is 0 Å². The molecule has 149 heavy (non-hydrogen) atoms. The molecule has 3 spiro atoms. The van der Waals surface area contributed by atoms with Gasteiger partial charge in [0.05, 0.1) is 0 Å². The fourth-order valence-electron chi connectivity index (χ4n) is 34.4. The first-order chi connectivity index (χ1) is 73.5. The van der Waals surface area contributed by atoms with Gasteiger partial charge in [-0.15, -0.1) is 0 Å². The van der Waals surface area contributed by atoms with Gasteiger partial charge < -0.3 is 19.1 Å². The van der Waals surface area contributed by atoms with Crippen LogP contribution in [0.5, 0.6) is 0 Å². The summed E-state index contributed by atoms with van der Waals surface area (Å²) in [5.41, 5.74) is 46.9. The fraction of sp³-hybridized carbons (Fsp3) is 0.228. The molecule has 0 saturated heterocycles. The van der Waals surface area contributed by atoms with Crippen LogP contribution in [0.1, 0.15) is 155 Å². The number of anilines is 9. The Labute approximate surface area is 875 Å². The first kappa shape index (κ1) is 87.8. The minimum atomic E-state index is -0.103. The maximum atomic E-state index is 6.47. The summed E-state index contributed by atoms with van der Waals surface area (Å²) in [6.07, 6.45) is 21.6. The van der Waals surface area contributed by atoms with Crippen molar-refractivity contribution in [2.45, 2.75) is 132 Å². The lowest BCUT2D eigenvalue weighted by Crippen LogP contribution is -2.55. The molecule has 1 aromatic heterocycles. The topological polar surface area (TPSA) is 22.9 Å². The monoisotopic (exact) mass is 1920 g/mol. The second kappa shape index (κ2) is 34.1. The van der Waals surface area contributed by atoms with Gasteiger partial charge in [0.1, 0.15) is 11.2 Å². The first-order valence-electron chi connectivity index (χ1n) is 55.8. The molecule has 0 aliphatic heterocycles. The van der Waals surface area contributed by atoms with Crippen molar-refractivity contribution in [2.75, 3.05) is 14.7 Å². The van der Waals surface area contributed by atoms with E-state index in [0.717, 1.165) is 127 Å². The molecule has 0 atom stereocenters. The van der Waals surface area contributed by atoms with Crippen molar-refractivity contribution in [3.05, 3.63) is 487 Å². The van der Waals surface area contributed by atoms with Gasteiger partial charge in [-0.1, -0.05) is 323 Å². The average Bonchev–Trinajstić information content (AvgIpc) is 1.49. The van der Waals surface area contributed by atoms with Crippen LogP contribution in [0, 0.1) is 71.0 Å². The Hall–Kier alpha value is -15.4. The molecule has 12 saturated carbocycles. The molecule has 12 bridgehead atoms. The third kappa shape index (κ3) is 13.5. The largest absolute Gasteiger partial charge is 0.455 e. The summed E-state index contributed by atoms with van der Waals surface area (Å²) in [6.45, 7) is 4.74. The molecule has 1 heterocycles. The van der Waals surface area contributed by atoms with Gasteiger partial charge >= 0.3 is 0 Å². The highest BCUT2D eigenvalue weighted by atomic mass is 16.3. The summed E-state index contributed by atoms with van der Waals surface area (Å²) in [4.78, 5) is 7.13. The number of hydrogen-bond donors (Lipinski definition) is 0. The molecule has 4 heteroatoms. The van der Waals surface area contributed by atoms with Crippen LogP contribution in [0.25, 0.3) is 122 Å². The van der Waals surface area contributed by atoms with Gasteiger partial charge in [-0.05, 0) is 440 Å².